The van der Waals surface area contributed by atoms with Gasteiger partial charge in [0, 0.05) is 38.7 Å². The summed E-state index contributed by atoms with van der Waals surface area (Å²) in [5, 5.41) is 2.70. The Kier molecular flexibility index (Phi) is 8.68. The van der Waals surface area contributed by atoms with Crippen LogP contribution in [-0.4, -0.2) is 50.3 Å². The second-order valence-electron chi connectivity index (χ2n) is 7.00. The lowest BCUT2D eigenvalue weighted by Crippen LogP contribution is -2.25. The molecular weight excluding hydrogens is 402 g/mol. The fraction of sp³-hybridized carbons (Fsp3) is 0.318. The number of primary amides is 1. The Bertz CT molecular complexity index is 898. The maximum absolute atomic E-state index is 11.7. The summed E-state index contributed by atoms with van der Waals surface area (Å²) in [6, 6.07) is 14.0. The van der Waals surface area contributed by atoms with Gasteiger partial charge in [-0.3, -0.25) is 4.79 Å². The highest BCUT2D eigenvalue weighted by Crippen LogP contribution is 2.24. The molecule has 0 aliphatic rings. The second-order valence-corrected chi connectivity index (χ2v) is 7.00. The van der Waals surface area contributed by atoms with E-state index in [1.54, 1.807) is 62.6 Å². The van der Waals surface area contributed by atoms with Crippen LogP contribution in [0.15, 0.2) is 48.5 Å². The Hall–Kier alpha value is -3.75. The van der Waals surface area contributed by atoms with Crippen LogP contribution in [0.5, 0.6) is 11.5 Å². The first-order chi connectivity index (χ1) is 14.7. The molecule has 0 spiro atoms. The standard InChI is InChI=1S/C22H27N3O6/c1-15(26)24-18-5-4-6-20(13-18)29-12-11-17(14-30-21(23)27)16-7-9-19(10-8-16)31-22(28)25(2)3/h4-10,13,17H,11-12,14H2,1-3H3,(H2,23,27)(H,24,26). The van der Waals surface area contributed by atoms with Crippen LogP contribution in [0.1, 0.15) is 24.8 Å². The number of amides is 3. The molecule has 0 fully saturated rings. The number of rotatable bonds is 9. The van der Waals surface area contributed by atoms with Gasteiger partial charge in [-0.2, -0.15) is 0 Å². The van der Waals surface area contributed by atoms with E-state index in [0.29, 0.717) is 30.2 Å². The van der Waals surface area contributed by atoms with Crippen molar-refractivity contribution in [2.75, 3.05) is 32.6 Å². The van der Waals surface area contributed by atoms with Gasteiger partial charge < -0.3 is 30.2 Å². The third kappa shape index (κ3) is 8.25. The van der Waals surface area contributed by atoms with Crippen LogP contribution < -0.4 is 20.5 Å². The molecule has 9 heteroatoms. The first kappa shape index (κ1) is 23.5. The molecule has 9 nitrogen and oxygen atoms in total. The molecule has 1 atom stereocenters. The van der Waals surface area contributed by atoms with Crippen molar-refractivity contribution in [3.05, 3.63) is 54.1 Å². The van der Waals surface area contributed by atoms with Gasteiger partial charge in [0.15, 0.2) is 0 Å². The molecule has 31 heavy (non-hydrogen) atoms. The van der Waals surface area contributed by atoms with Crippen LogP contribution in [0.4, 0.5) is 15.3 Å². The van der Waals surface area contributed by atoms with E-state index in [1.165, 1.54) is 11.8 Å². The van der Waals surface area contributed by atoms with Crippen LogP contribution in [0, 0.1) is 0 Å². The number of carbonyl (C=O) groups excluding carboxylic acids is 3. The van der Waals surface area contributed by atoms with Gasteiger partial charge in [-0.05, 0) is 36.2 Å². The van der Waals surface area contributed by atoms with E-state index in [-0.39, 0.29) is 18.4 Å². The average Bonchev–Trinajstić information content (AvgIpc) is 2.71. The molecule has 0 heterocycles. The molecule has 0 aliphatic carbocycles. The highest BCUT2D eigenvalue weighted by atomic mass is 16.6. The van der Waals surface area contributed by atoms with Crippen LogP contribution in [0.25, 0.3) is 0 Å². The number of hydrogen-bond acceptors (Lipinski definition) is 6. The van der Waals surface area contributed by atoms with Gasteiger partial charge in [0.05, 0.1) is 6.61 Å². The van der Waals surface area contributed by atoms with E-state index in [1.807, 2.05) is 0 Å². The molecule has 3 amide bonds. The lowest BCUT2D eigenvalue weighted by Gasteiger charge is -2.18. The summed E-state index contributed by atoms with van der Waals surface area (Å²) in [6.45, 7) is 1.86. The smallest absolute Gasteiger partial charge is 0.414 e. The van der Waals surface area contributed by atoms with Crippen LogP contribution >= 0.6 is 0 Å². The molecule has 0 aliphatic heterocycles. The number of carbonyl (C=O) groups is 3. The summed E-state index contributed by atoms with van der Waals surface area (Å²) in [7, 11) is 3.19. The van der Waals surface area contributed by atoms with Crippen molar-refractivity contribution in [1.82, 2.24) is 4.90 Å². The zero-order valence-corrected chi connectivity index (χ0v) is 17.8. The van der Waals surface area contributed by atoms with Crippen molar-refractivity contribution in [3.8, 4) is 11.5 Å². The number of nitrogens with two attached hydrogens (primary N) is 1. The first-order valence-corrected chi connectivity index (χ1v) is 9.66. The van der Waals surface area contributed by atoms with Crippen molar-refractivity contribution in [1.29, 1.82) is 0 Å². The first-order valence-electron chi connectivity index (χ1n) is 9.66. The lowest BCUT2D eigenvalue weighted by atomic mass is 9.97. The Labute approximate surface area is 181 Å². The van der Waals surface area contributed by atoms with Crippen molar-refractivity contribution in [2.45, 2.75) is 19.3 Å². The Morgan fingerprint density at radius 1 is 1.06 bits per heavy atom. The molecule has 2 aromatic rings. The lowest BCUT2D eigenvalue weighted by molar-refractivity contribution is -0.114. The molecule has 0 saturated heterocycles. The van der Waals surface area contributed by atoms with Gasteiger partial charge in [0.2, 0.25) is 5.91 Å². The Morgan fingerprint density at radius 3 is 2.39 bits per heavy atom. The molecule has 0 aromatic heterocycles. The third-order valence-corrected chi connectivity index (χ3v) is 4.24. The minimum Gasteiger partial charge on any atom is -0.493 e. The van der Waals surface area contributed by atoms with Gasteiger partial charge >= 0.3 is 12.2 Å². The largest absolute Gasteiger partial charge is 0.493 e. The van der Waals surface area contributed by atoms with E-state index in [2.05, 4.69) is 5.32 Å². The summed E-state index contributed by atoms with van der Waals surface area (Å²) < 4.78 is 16.0. The molecule has 2 rings (SSSR count). The normalized spacial score (nSPS) is 11.2. The number of anilines is 1. The fourth-order valence-electron chi connectivity index (χ4n) is 2.72. The monoisotopic (exact) mass is 429 g/mol. The van der Waals surface area contributed by atoms with Gasteiger partial charge in [-0.25, -0.2) is 9.59 Å². The number of ether oxygens (including phenoxy) is 3. The predicted octanol–water partition coefficient (Wildman–Crippen LogP) is 3.35. The summed E-state index contributed by atoms with van der Waals surface area (Å²) in [5.74, 6) is 0.667. The van der Waals surface area contributed by atoms with Gasteiger partial charge in [-0.1, -0.05) is 18.2 Å². The molecule has 3 N–H and O–H groups in total. The molecular formula is C22H27N3O6. The van der Waals surface area contributed by atoms with E-state index in [4.69, 9.17) is 19.9 Å². The van der Waals surface area contributed by atoms with Gasteiger partial charge in [0.25, 0.3) is 0 Å². The van der Waals surface area contributed by atoms with E-state index in [0.717, 1.165) is 5.56 Å². The SMILES string of the molecule is CC(=O)Nc1cccc(OCCC(COC(N)=O)c2ccc(OC(=O)N(C)C)cc2)c1. The highest BCUT2D eigenvalue weighted by molar-refractivity contribution is 5.88. The molecule has 166 valence electrons. The van der Waals surface area contributed by atoms with E-state index >= 15 is 0 Å². The van der Waals surface area contributed by atoms with Crippen molar-refractivity contribution >= 4 is 23.8 Å². The number of benzene rings is 2. The molecule has 0 saturated carbocycles. The third-order valence-electron chi connectivity index (χ3n) is 4.24. The summed E-state index contributed by atoms with van der Waals surface area (Å²) in [6.07, 6.45) is -0.796. The fourth-order valence-corrected chi connectivity index (χ4v) is 2.72. The van der Waals surface area contributed by atoms with E-state index in [9.17, 15) is 14.4 Å². The highest BCUT2D eigenvalue weighted by Gasteiger charge is 2.15. The minimum atomic E-state index is -0.856. The molecule has 0 radical (unpaired) electrons. The minimum absolute atomic E-state index is 0.0848. The van der Waals surface area contributed by atoms with Crippen LogP contribution in [0.2, 0.25) is 0 Å². The quantitative estimate of drug-likeness (QED) is 0.631. The maximum Gasteiger partial charge on any atom is 0.414 e. The number of nitrogens with one attached hydrogen (secondary N) is 1. The summed E-state index contributed by atoms with van der Waals surface area (Å²) in [5.41, 5.74) is 6.63. The second kappa shape index (κ2) is 11.4. The zero-order valence-electron chi connectivity index (χ0n) is 17.8. The summed E-state index contributed by atoms with van der Waals surface area (Å²) in [4.78, 5) is 35.3. The predicted molar refractivity (Wildman–Crippen MR) is 115 cm³/mol. The number of nitrogens with zero attached hydrogens (tertiary/aromatic N) is 1. The number of hydrogen-bond donors (Lipinski definition) is 2. The van der Waals surface area contributed by atoms with Crippen molar-refractivity contribution in [2.24, 2.45) is 5.73 Å². The molecule has 0 bridgehead atoms. The summed E-state index contributed by atoms with van der Waals surface area (Å²) >= 11 is 0. The van der Waals surface area contributed by atoms with Gasteiger partial charge in [0.1, 0.15) is 18.1 Å². The van der Waals surface area contributed by atoms with Crippen LogP contribution in [0.3, 0.4) is 0 Å². The van der Waals surface area contributed by atoms with E-state index < -0.39 is 12.2 Å². The molecule has 1 unspecified atom stereocenters. The Morgan fingerprint density at radius 2 is 1.77 bits per heavy atom. The molecule has 2 aromatic carbocycles. The Balaban J connectivity index is 2.01. The van der Waals surface area contributed by atoms with Crippen LogP contribution in [-0.2, 0) is 9.53 Å². The topological polar surface area (TPSA) is 120 Å². The average molecular weight is 429 g/mol. The van der Waals surface area contributed by atoms with Crippen molar-refractivity contribution < 1.29 is 28.6 Å². The maximum atomic E-state index is 11.7. The van der Waals surface area contributed by atoms with Crippen molar-refractivity contribution in [3.63, 3.8) is 0 Å². The van der Waals surface area contributed by atoms with Gasteiger partial charge in [-0.15, -0.1) is 0 Å². The zero-order chi connectivity index (χ0) is 22.8.